The van der Waals surface area contributed by atoms with Gasteiger partial charge in [0.2, 0.25) is 0 Å². The van der Waals surface area contributed by atoms with Crippen LogP contribution < -0.4 is 15.5 Å². The van der Waals surface area contributed by atoms with Crippen LogP contribution in [0.5, 0.6) is 0 Å². The van der Waals surface area contributed by atoms with E-state index in [1.807, 2.05) is 12.3 Å². The van der Waals surface area contributed by atoms with E-state index in [4.69, 9.17) is 9.72 Å². The van der Waals surface area contributed by atoms with Crippen molar-refractivity contribution in [1.82, 2.24) is 25.3 Å². The number of rotatable bonds is 10. The molecule has 1 saturated heterocycles. The highest BCUT2D eigenvalue weighted by atomic mass is 16.5. The molecule has 31 heavy (non-hydrogen) atoms. The van der Waals surface area contributed by atoms with Gasteiger partial charge in [0.05, 0.1) is 24.4 Å². The Balaban J connectivity index is 1.47. The average molecular weight is 422 g/mol. The number of aromatic nitrogens is 4. The number of nitrogens with one attached hydrogen (secondary N) is 2. The molecule has 0 aromatic carbocycles. The highest BCUT2D eigenvalue weighted by Gasteiger charge is 2.14. The van der Waals surface area contributed by atoms with Gasteiger partial charge in [-0.25, -0.2) is 15.0 Å². The Morgan fingerprint density at radius 3 is 2.65 bits per heavy atom. The van der Waals surface area contributed by atoms with Gasteiger partial charge in [-0.05, 0) is 44.1 Å². The molecule has 3 aromatic rings. The molecule has 0 amide bonds. The predicted molar refractivity (Wildman–Crippen MR) is 124 cm³/mol. The van der Waals surface area contributed by atoms with Crippen molar-refractivity contribution in [3.8, 4) is 11.3 Å². The number of pyridine rings is 2. The van der Waals surface area contributed by atoms with E-state index >= 15 is 0 Å². The Morgan fingerprint density at radius 2 is 1.84 bits per heavy atom. The molecule has 0 spiro atoms. The van der Waals surface area contributed by atoms with Crippen LogP contribution in [0.1, 0.15) is 26.2 Å². The molecule has 1 fully saturated rings. The summed E-state index contributed by atoms with van der Waals surface area (Å²) < 4.78 is 5.43. The smallest absolute Gasteiger partial charge is 0.154 e. The Labute approximate surface area is 183 Å². The van der Waals surface area contributed by atoms with Gasteiger partial charge in [0.15, 0.2) is 5.82 Å². The Morgan fingerprint density at radius 1 is 1.00 bits per heavy atom. The summed E-state index contributed by atoms with van der Waals surface area (Å²) in [5.74, 6) is 1.74. The van der Waals surface area contributed by atoms with Crippen molar-refractivity contribution in [2.45, 2.75) is 26.2 Å². The van der Waals surface area contributed by atoms with Gasteiger partial charge in [-0.15, -0.1) is 0 Å². The van der Waals surface area contributed by atoms with Crippen LogP contribution in [0.3, 0.4) is 0 Å². The molecule has 0 unspecified atom stereocenters. The Kier molecular flexibility index (Phi) is 7.57. The largest absolute Gasteiger partial charge is 0.378 e. The second-order valence-electron chi connectivity index (χ2n) is 7.67. The summed E-state index contributed by atoms with van der Waals surface area (Å²) >= 11 is 0. The first kappa shape index (κ1) is 21.4. The van der Waals surface area contributed by atoms with Gasteiger partial charge in [0, 0.05) is 43.8 Å². The lowest BCUT2D eigenvalue weighted by Gasteiger charge is -2.27. The summed E-state index contributed by atoms with van der Waals surface area (Å²) in [6, 6.07) is 6.10. The fraction of sp³-hybridized carbons (Fsp3) is 0.478. The van der Waals surface area contributed by atoms with Crippen LogP contribution in [0.4, 0.5) is 11.6 Å². The fourth-order valence-corrected chi connectivity index (χ4v) is 3.61. The molecule has 0 atom stereocenters. The SMILES string of the molecule is CCCCNCCCNc1nc(-c2ccc(N3CCOCC3)nc2)cc2nccnc12. The van der Waals surface area contributed by atoms with Crippen molar-refractivity contribution in [1.29, 1.82) is 0 Å². The number of nitrogens with zero attached hydrogens (tertiary/aromatic N) is 5. The number of ether oxygens (including phenoxy) is 1. The molecule has 2 N–H and O–H groups in total. The summed E-state index contributed by atoms with van der Waals surface area (Å²) in [5.41, 5.74) is 3.43. The fourth-order valence-electron chi connectivity index (χ4n) is 3.61. The first-order chi connectivity index (χ1) is 15.3. The summed E-state index contributed by atoms with van der Waals surface area (Å²) in [5, 5.41) is 6.93. The highest BCUT2D eigenvalue weighted by molar-refractivity contribution is 5.88. The number of fused-ring (bicyclic) bond motifs is 1. The van der Waals surface area contributed by atoms with Gasteiger partial charge >= 0.3 is 0 Å². The van der Waals surface area contributed by atoms with E-state index in [0.29, 0.717) is 0 Å². The van der Waals surface area contributed by atoms with Crippen molar-refractivity contribution >= 4 is 22.7 Å². The molecule has 4 rings (SSSR count). The molecular weight excluding hydrogens is 390 g/mol. The van der Waals surface area contributed by atoms with E-state index < -0.39 is 0 Å². The minimum absolute atomic E-state index is 0.748. The van der Waals surface area contributed by atoms with Crippen molar-refractivity contribution < 1.29 is 4.74 Å². The molecule has 0 saturated carbocycles. The molecule has 0 aliphatic carbocycles. The zero-order chi connectivity index (χ0) is 21.3. The number of anilines is 2. The average Bonchev–Trinajstić information content (AvgIpc) is 2.84. The maximum atomic E-state index is 5.43. The monoisotopic (exact) mass is 421 g/mol. The van der Waals surface area contributed by atoms with E-state index in [1.165, 1.54) is 12.8 Å². The highest BCUT2D eigenvalue weighted by Crippen LogP contribution is 2.26. The lowest BCUT2D eigenvalue weighted by molar-refractivity contribution is 0.122. The summed E-state index contributed by atoms with van der Waals surface area (Å²) in [4.78, 5) is 20.8. The summed E-state index contributed by atoms with van der Waals surface area (Å²) in [6.07, 6.45) is 8.77. The van der Waals surface area contributed by atoms with Gasteiger partial charge in [0.25, 0.3) is 0 Å². The summed E-state index contributed by atoms with van der Waals surface area (Å²) in [6.45, 7) is 8.34. The minimum Gasteiger partial charge on any atom is -0.378 e. The predicted octanol–water partition coefficient (Wildman–Crippen LogP) is 3.12. The van der Waals surface area contributed by atoms with E-state index in [1.54, 1.807) is 12.4 Å². The zero-order valence-corrected chi connectivity index (χ0v) is 18.2. The van der Waals surface area contributed by atoms with Gasteiger partial charge < -0.3 is 20.3 Å². The van der Waals surface area contributed by atoms with E-state index in [-0.39, 0.29) is 0 Å². The van der Waals surface area contributed by atoms with Crippen molar-refractivity contribution in [3.63, 3.8) is 0 Å². The van der Waals surface area contributed by atoms with E-state index in [9.17, 15) is 0 Å². The molecule has 0 bridgehead atoms. The molecule has 3 aromatic heterocycles. The van der Waals surface area contributed by atoms with Gasteiger partial charge in [-0.3, -0.25) is 4.98 Å². The van der Waals surface area contributed by atoms with Crippen LogP contribution in [0, 0.1) is 0 Å². The molecule has 1 aliphatic heterocycles. The standard InChI is InChI=1S/C23H31N7O/c1-2-3-7-24-8-4-9-27-23-22-20(25-10-11-26-22)16-19(29-23)18-5-6-21(28-17-18)30-12-14-31-15-13-30/h5-6,10-11,16-17,24H,2-4,7-9,12-15H2,1H3,(H,27,29). The van der Waals surface area contributed by atoms with Crippen LogP contribution in [0.2, 0.25) is 0 Å². The topological polar surface area (TPSA) is 88.1 Å². The van der Waals surface area contributed by atoms with Gasteiger partial charge in [-0.1, -0.05) is 13.3 Å². The third kappa shape index (κ3) is 5.65. The molecule has 1 aliphatic rings. The second-order valence-corrected chi connectivity index (χ2v) is 7.67. The third-order valence-corrected chi connectivity index (χ3v) is 5.37. The summed E-state index contributed by atoms with van der Waals surface area (Å²) in [7, 11) is 0. The Hall–Kier alpha value is -2.84. The molecule has 164 valence electrons. The van der Waals surface area contributed by atoms with E-state index in [0.717, 1.165) is 86.3 Å². The number of hydrogen-bond donors (Lipinski definition) is 2. The quantitative estimate of drug-likeness (QED) is 0.483. The number of morpholine rings is 1. The van der Waals surface area contributed by atoms with Crippen LogP contribution in [-0.4, -0.2) is 65.9 Å². The normalized spacial score (nSPS) is 14.2. The maximum absolute atomic E-state index is 5.43. The van der Waals surface area contributed by atoms with E-state index in [2.05, 4.69) is 49.5 Å². The molecule has 8 nitrogen and oxygen atoms in total. The zero-order valence-electron chi connectivity index (χ0n) is 18.2. The third-order valence-electron chi connectivity index (χ3n) is 5.37. The molecule has 4 heterocycles. The number of unbranched alkanes of at least 4 members (excludes halogenated alkanes) is 1. The van der Waals surface area contributed by atoms with Crippen molar-refractivity contribution in [2.24, 2.45) is 0 Å². The number of hydrogen-bond acceptors (Lipinski definition) is 8. The van der Waals surface area contributed by atoms with Crippen LogP contribution >= 0.6 is 0 Å². The van der Waals surface area contributed by atoms with Gasteiger partial charge in [-0.2, -0.15) is 0 Å². The molecule has 8 heteroatoms. The van der Waals surface area contributed by atoms with Crippen molar-refractivity contribution in [3.05, 3.63) is 36.8 Å². The lowest BCUT2D eigenvalue weighted by atomic mass is 10.1. The van der Waals surface area contributed by atoms with Crippen LogP contribution in [0.15, 0.2) is 36.8 Å². The minimum atomic E-state index is 0.748. The van der Waals surface area contributed by atoms with Gasteiger partial charge in [0.1, 0.15) is 11.3 Å². The molecule has 0 radical (unpaired) electrons. The van der Waals surface area contributed by atoms with Crippen LogP contribution in [0.25, 0.3) is 22.3 Å². The van der Waals surface area contributed by atoms with Crippen molar-refractivity contribution in [2.75, 3.05) is 56.2 Å². The first-order valence-corrected chi connectivity index (χ1v) is 11.2. The second kappa shape index (κ2) is 11.0. The Bertz CT molecular complexity index is 958. The lowest BCUT2D eigenvalue weighted by Crippen LogP contribution is -2.36. The first-order valence-electron chi connectivity index (χ1n) is 11.2. The van der Waals surface area contributed by atoms with Crippen LogP contribution in [-0.2, 0) is 4.74 Å². The maximum Gasteiger partial charge on any atom is 0.154 e. The molecular formula is C23H31N7O.